The molecule has 3 nitrogen and oxygen atoms in total. The molecule has 2 aromatic rings. The Kier molecular flexibility index (Phi) is 5.73. The van der Waals surface area contributed by atoms with Crippen molar-refractivity contribution in [1.82, 2.24) is 9.88 Å². The molecule has 1 radical (unpaired) electrons. The molecule has 0 N–H and O–H groups in total. The smallest absolute Gasteiger partial charge is 0.197 e. The van der Waals surface area contributed by atoms with Crippen LogP contribution >= 0.6 is 27.5 Å². The second kappa shape index (κ2) is 7.78. The van der Waals surface area contributed by atoms with Gasteiger partial charge in [-0.1, -0.05) is 17.9 Å². The van der Waals surface area contributed by atoms with E-state index in [4.69, 9.17) is 11.6 Å². The number of carbonyl (C=O) groups excluding carboxylic acids is 1. The molecule has 1 aliphatic heterocycles. The number of hydrogen-bond donors (Lipinski definition) is 0. The number of carbonyl (C=O) groups is 1. The van der Waals surface area contributed by atoms with Crippen LogP contribution in [0.15, 0.2) is 29.0 Å². The van der Waals surface area contributed by atoms with Crippen molar-refractivity contribution < 1.29 is 4.79 Å². The molecular formula is C17H18BBrClN2O. The van der Waals surface area contributed by atoms with E-state index in [0.717, 1.165) is 65.2 Å². The number of fused-ring (bicyclic) bond motifs is 1. The van der Waals surface area contributed by atoms with Crippen LogP contribution in [-0.4, -0.2) is 36.4 Å². The lowest BCUT2D eigenvalue weighted by Crippen LogP contribution is -2.33. The van der Waals surface area contributed by atoms with E-state index < -0.39 is 0 Å². The highest BCUT2D eigenvalue weighted by atomic mass is 79.9. The number of nitrogens with zero attached hydrogens (tertiary/aromatic N) is 2. The minimum Gasteiger partial charge on any atom is -0.316 e. The van der Waals surface area contributed by atoms with E-state index in [2.05, 4.69) is 31.9 Å². The first-order valence-corrected chi connectivity index (χ1v) is 9.05. The van der Waals surface area contributed by atoms with Crippen molar-refractivity contribution in [3.63, 3.8) is 0 Å². The summed E-state index contributed by atoms with van der Waals surface area (Å²) < 4.78 is 0.974. The van der Waals surface area contributed by atoms with Crippen molar-refractivity contribution in [3.8, 4) is 0 Å². The van der Waals surface area contributed by atoms with Gasteiger partial charge >= 0.3 is 0 Å². The van der Waals surface area contributed by atoms with E-state index in [9.17, 15) is 4.79 Å². The van der Waals surface area contributed by atoms with Crippen LogP contribution in [0, 0.1) is 5.92 Å². The van der Waals surface area contributed by atoms with Crippen molar-refractivity contribution in [3.05, 3.63) is 39.6 Å². The van der Waals surface area contributed by atoms with Crippen LogP contribution in [-0.2, 0) is 11.3 Å². The molecule has 6 heteroatoms. The van der Waals surface area contributed by atoms with Gasteiger partial charge in [-0.2, -0.15) is 0 Å². The lowest BCUT2D eigenvalue weighted by atomic mass is 9.69. The number of piperidine rings is 1. The third-order valence-corrected chi connectivity index (χ3v) is 5.46. The predicted molar refractivity (Wildman–Crippen MR) is 99.8 cm³/mol. The highest BCUT2D eigenvalue weighted by Crippen LogP contribution is 2.31. The van der Waals surface area contributed by atoms with Crippen LogP contribution in [0.5, 0.6) is 0 Å². The van der Waals surface area contributed by atoms with Crippen LogP contribution in [0.1, 0.15) is 18.4 Å². The number of likely N-dealkylation sites (tertiary alicyclic amines) is 1. The zero-order chi connectivity index (χ0) is 16.2. The average Bonchev–Trinajstić information content (AvgIpc) is 2.55. The number of benzene rings is 1. The summed E-state index contributed by atoms with van der Waals surface area (Å²) in [5.74, 6) is 0.650. The molecule has 1 saturated heterocycles. The quantitative estimate of drug-likeness (QED) is 0.565. The van der Waals surface area contributed by atoms with Gasteiger partial charge in [0.2, 0.25) is 0 Å². The molecule has 0 spiro atoms. The molecule has 0 saturated carbocycles. The molecular weight excluding hydrogens is 374 g/mol. The zero-order valence-corrected chi connectivity index (χ0v) is 15.2. The number of halogens is 2. The maximum absolute atomic E-state index is 10.4. The lowest BCUT2D eigenvalue weighted by molar-refractivity contribution is 0.185. The fourth-order valence-electron chi connectivity index (χ4n) is 3.23. The molecule has 23 heavy (non-hydrogen) atoms. The molecule has 0 amide bonds. The summed E-state index contributed by atoms with van der Waals surface area (Å²) in [6.45, 7) is 3.06. The summed E-state index contributed by atoms with van der Waals surface area (Å²) in [7, 11) is 1.75. The van der Waals surface area contributed by atoms with E-state index in [-0.39, 0.29) is 0 Å². The second-order valence-corrected chi connectivity index (χ2v) is 7.38. The second-order valence-electron chi connectivity index (χ2n) is 6.12. The average molecular weight is 393 g/mol. The molecule has 0 unspecified atom stereocenters. The van der Waals surface area contributed by atoms with Crippen LogP contribution in [0.2, 0.25) is 11.3 Å². The summed E-state index contributed by atoms with van der Waals surface area (Å²) in [5, 5.41) is 2.84. The van der Waals surface area contributed by atoms with Gasteiger partial charge in [0.1, 0.15) is 0 Å². The Labute approximate surface area is 150 Å². The highest BCUT2D eigenvalue weighted by Gasteiger charge is 2.19. The first-order valence-electron chi connectivity index (χ1n) is 7.88. The van der Waals surface area contributed by atoms with Crippen LogP contribution in [0.25, 0.3) is 10.8 Å². The fraction of sp³-hybridized carbons (Fsp3) is 0.412. The van der Waals surface area contributed by atoms with Crippen molar-refractivity contribution >= 4 is 51.8 Å². The van der Waals surface area contributed by atoms with Gasteiger partial charge in [0.15, 0.2) is 7.28 Å². The van der Waals surface area contributed by atoms with E-state index in [1.165, 1.54) is 5.56 Å². The van der Waals surface area contributed by atoms with Crippen molar-refractivity contribution in [2.45, 2.75) is 25.7 Å². The summed E-state index contributed by atoms with van der Waals surface area (Å²) in [6.07, 6.45) is 7.74. The van der Waals surface area contributed by atoms with Gasteiger partial charge in [0, 0.05) is 34.2 Å². The van der Waals surface area contributed by atoms with Crippen molar-refractivity contribution in [1.29, 1.82) is 0 Å². The Morgan fingerprint density at radius 2 is 2.09 bits per heavy atom. The molecule has 1 aliphatic rings. The zero-order valence-electron chi connectivity index (χ0n) is 12.8. The molecule has 0 aliphatic carbocycles. The molecule has 2 heterocycles. The Morgan fingerprint density at radius 3 is 2.83 bits per heavy atom. The largest absolute Gasteiger partial charge is 0.316 e. The molecule has 119 valence electrons. The van der Waals surface area contributed by atoms with E-state index in [1.54, 1.807) is 19.7 Å². The number of hydrogen-bond acceptors (Lipinski definition) is 3. The van der Waals surface area contributed by atoms with Crippen LogP contribution in [0.4, 0.5) is 0 Å². The summed E-state index contributed by atoms with van der Waals surface area (Å²) in [6, 6.07) is 4.24. The number of rotatable bonds is 5. The van der Waals surface area contributed by atoms with E-state index >= 15 is 0 Å². The third-order valence-electron chi connectivity index (χ3n) is 4.52. The lowest BCUT2D eigenvalue weighted by Gasteiger charge is -2.31. The van der Waals surface area contributed by atoms with E-state index in [1.807, 2.05) is 6.07 Å². The minimum absolute atomic E-state index is 0.650. The fourth-order valence-corrected chi connectivity index (χ4v) is 3.96. The summed E-state index contributed by atoms with van der Waals surface area (Å²) in [5.41, 5.74) is 1.23. The van der Waals surface area contributed by atoms with Gasteiger partial charge in [0.05, 0.1) is 11.2 Å². The topological polar surface area (TPSA) is 33.2 Å². The summed E-state index contributed by atoms with van der Waals surface area (Å²) >= 11 is 9.97. The monoisotopic (exact) mass is 391 g/mol. The summed E-state index contributed by atoms with van der Waals surface area (Å²) in [4.78, 5) is 17.1. The molecule has 0 bridgehead atoms. The normalized spacial score (nSPS) is 16.6. The first-order chi connectivity index (χ1) is 11.2. The van der Waals surface area contributed by atoms with Gasteiger partial charge < -0.3 is 4.79 Å². The molecule has 3 rings (SSSR count). The predicted octanol–water partition coefficient (Wildman–Crippen LogP) is 4.18. The molecule has 1 aromatic carbocycles. The van der Waals surface area contributed by atoms with Crippen LogP contribution in [0.3, 0.4) is 0 Å². The van der Waals surface area contributed by atoms with Gasteiger partial charge in [-0.05, 0) is 65.5 Å². The third kappa shape index (κ3) is 4.14. The van der Waals surface area contributed by atoms with Crippen LogP contribution < -0.4 is 0 Å². The number of aromatic nitrogens is 1. The van der Waals surface area contributed by atoms with Gasteiger partial charge in [-0.15, -0.1) is 0 Å². The highest BCUT2D eigenvalue weighted by molar-refractivity contribution is 9.10. The molecule has 0 atom stereocenters. The maximum Gasteiger partial charge on any atom is 0.197 e. The van der Waals surface area contributed by atoms with Crippen molar-refractivity contribution in [2.75, 3.05) is 13.1 Å². The van der Waals surface area contributed by atoms with Gasteiger partial charge in [-0.3, -0.25) is 9.88 Å². The molecule has 1 aromatic heterocycles. The first kappa shape index (κ1) is 16.9. The molecule has 1 fully saturated rings. The van der Waals surface area contributed by atoms with Crippen molar-refractivity contribution in [2.24, 2.45) is 5.92 Å². The Hall–Kier alpha value is -0.905. The van der Waals surface area contributed by atoms with Gasteiger partial charge in [-0.25, -0.2) is 0 Å². The number of pyridine rings is 1. The Bertz CT molecular complexity index is 704. The maximum atomic E-state index is 10.4. The standard InChI is InChI=1S/C17H18BBrClN2O/c19-16-9-21-8-15-14(16)5-13(6-17(15)20)10-22-3-1-12(2-4-22)7-18-11-23/h5-6,8-9,11-12H,1-4,7,10H2. The Morgan fingerprint density at radius 1 is 1.30 bits per heavy atom. The SMILES string of the molecule is O=C[B]CC1CCN(Cc2cc(Cl)c3cncc(Br)c3c2)CC1. The minimum atomic E-state index is 0.650. The Balaban J connectivity index is 1.68. The van der Waals surface area contributed by atoms with Gasteiger partial charge in [0.25, 0.3) is 0 Å². The van der Waals surface area contributed by atoms with E-state index in [0.29, 0.717) is 5.92 Å².